The summed E-state index contributed by atoms with van der Waals surface area (Å²) >= 11 is 0. The van der Waals surface area contributed by atoms with Crippen LogP contribution in [-0.4, -0.2) is 24.4 Å². The van der Waals surface area contributed by atoms with Gasteiger partial charge in [0.15, 0.2) is 0 Å². The fourth-order valence-electron chi connectivity index (χ4n) is 1.26. The van der Waals surface area contributed by atoms with Crippen molar-refractivity contribution in [1.29, 1.82) is 0 Å². The highest BCUT2D eigenvalue weighted by atomic mass is 16.1. The van der Waals surface area contributed by atoms with Crippen molar-refractivity contribution >= 4 is 5.91 Å². The minimum absolute atomic E-state index is 0.0573. The van der Waals surface area contributed by atoms with Crippen molar-refractivity contribution in [3.63, 3.8) is 0 Å². The van der Waals surface area contributed by atoms with Crippen LogP contribution in [0.2, 0.25) is 0 Å². The summed E-state index contributed by atoms with van der Waals surface area (Å²) < 4.78 is 0. The van der Waals surface area contributed by atoms with Gasteiger partial charge in [0.25, 0.3) is 0 Å². The molecule has 1 amide bonds. The Kier molecular flexibility index (Phi) is 7.52. The van der Waals surface area contributed by atoms with E-state index in [0.29, 0.717) is 12.1 Å². The minimum atomic E-state index is -0.0573. The number of rotatable bonds is 6. The lowest BCUT2D eigenvalue weighted by molar-refractivity contribution is -0.117. The Bertz CT molecular complexity index is 351. The molecular formula is C14H22N2O. The molecule has 3 heteroatoms. The predicted molar refractivity (Wildman–Crippen MR) is 73.3 cm³/mol. The molecule has 0 aliphatic carbocycles. The third-order valence-electron chi connectivity index (χ3n) is 2.07. The normalized spacial score (nSPS) is 12.7. The van der Waals surface area contributed by atoms with Crippen LogP contribution in [-0.2, 0) is 4.79 Å². The highest BCUT2D eigenvalue weighted by Gasteiger charge is 2.03. The number of carbonyl (C=O) groups is 1. The second-order valence-corrected chi connectivity index (χ2v) is 3.89. The fraction of sp³-hybridized carbons (Fsp3) is 0.357. The maximum atomic E-state index is 11.7. The Balaban J connectivity index is 4.32. The van der Waals surface area contributed by atoms with Crippen LogP contribution in [0, 0.1) is 0 Å². The summed E-state index contributed by atoms with van der Waals surface area (Å²) in [6.07, 6.45) is 9.19. The number of nitrogens with one attached hydrogen (secondary N) is 1. The van der Waals surface area contributed by atoms with Gasteiger partial charge in [-0.3, -0.25) is 4.79 Å². The summed E-state index contributed by atoms with van der Waals surface area (Å²) in [6, 6.07) is 0. The maximum absolute atomic E-state index is 11.7. The van der Waals surface area contributed by atoms with Crippen LogP contribution in [0.3, 0.4) is 0 Å². The number of allylic oxidation sites excluding steroid dienone is 3. The summed E-state index contributed by atoms with van der Waals surface area (Å²) in [6.45, 7) is 9.83. The van der Waals surface area contributed by atoms with Gasteiger partial charge in [0.05, 0.1) is 0 Å². The molecule has 0 saturated heterocycles. The molecule has 0 aromatic carbocycles. The van der Waals surface area contributed by atoms with Crippen LogP contribution < -0.4 is 5.32 Å². The van der Waals surface area contributed by atoms with Crippen LogP contribution in [0.1, 0.15) is 20.8 Å². The zero-order valence-corrected chi connectivity index (χ0v) is 11.2. The van der Waals surface area contributed by atoms with Crippen molar-refractivity contribution in [1.82, 2.24) is 10.2 Å². The van der Waals surface area contributed by atoms with Crippen molar-refractivity contribution in [2.45, 2.75) is 20.8 Å². The fourth-order valence-corrected chi connectivity index (χ4v) is 1.26. The topological polar surface area (TPSA) is 32.3 Å². The molecule has 0 unspecified atom stereocenters. The Morgan fingerprint density at radius 3 is 2.59 bits per heavy atom. The van der Waals surface area contributed by atoms with Gasteiger partial charge in [-0.1, -0.05) is 30.4 Å². The van der Waals surface area contributed by atoms with Crippen LogP contribution in [0.25, 0.3) is 0 Å². The van der Waals surface area contributed by atoms with Gasteiger partial charge in [-0.25, -0.2) is 0 Å². The molecule has 0 atom stereocenters. The lowest BCUT2D eigenvalue weighted by atomic mass is 10.2. The predicted octanol–water partition coefficient (Wildman–Crippen LogP) is 2.60. The molecular weight excluding hydrogens is 212 g/mol. The lowest BCUT2D eigenvalue weighted by Crippen LogP contribution is -2.26. The SMILES string of the molecule is C=CC=C(C)CNC(=O)C(C)=CN(C)C=CC. The average Bonchev–Trinajstić information content (AvgIpc) is 2.26. The lowest BCUT2D eigenvalue weighted by Gasteiger charge is -2.10. The van der Waals surface area contributed by atoms with Crippen molar-refractivity contribution < 1.29 is 4.79 Å². The molecule has 0 fully saturated rings. The summed E-state index contributed by atoms with van der Waals surface area (Å²) in [5.41, 5.74) is 1.75. The summed E-state index contributed by atoms with van der Waals surface area (Å²) in [5, 5.41) is 2.84. The van der Waals surface area contributed by atoms with Gasteiger partial charge < -0.3 is 10.2 Å². The molecule has 17 heavy (non-hydrogen) atoms. The molecule has 1 N–H and O–H groups in total. The smallest absolute Gasteiger partial charge is 0.248 e. The van der Waals surface area contributed by atoms with Crippen LogP contribution in [0.4, 0.5) is 0 Å². The van der Waals surface area contributed by atoms with E-state index in [9.17, 15) is 4.79 Å². The van der Waals surface area contributed by atoms with Gasteiger partial charge >= 0.3 is 0 Å². The van der Waals surface area contributed by atoms with E-state index in [1.807, 2.05) is 44.1 Å². The number of carbonyl (C=O) groups excluding carboxylic acids is 1. The summed E-state index contributed by atoms with van der Waals surface area (Å²) in [5.74, 6) is -0.0573. The highest BCUT2D eigenvalue weighted by molar-refractivity contribution is 5.92. The first-order valence-electron chi connectivity index (χ1n) is 5.60. The molecule has 94 valence electrons. The van der Waals surface area contributed by atoms with E-state index < -0.39 is 0 Å². The van der Waals surface area contributed by atoms with Crippen molar-refractivity contribution in [2.24, 2.45) is 0 Å². The van der Waals surface area contributed by atoms with Crippen LogP contribution >= 0.6 is 0 Å². The van der Waals surface area contributed by atoms with Gasteiger partial charge in [0.1, 0.15) is 0 Å². The van der Waals surface area contributed by atoms with Gasteiger partial charge in [0.2, 0.25) is 5.91 Å². The quantitative estimate of drug-likeness (QED) is 0.566. The van der Waals surface area contributed by atoms with Crippen LogP contribution in [0.5, 0.6) is 0 Å². The summed E-state index contributed by atoms with van der Waals surface area (Å²) in [4.78, 5) is 13.6. The Hall–Kier alpha value is -1.77. The van der Waals surface area contributed by atoms with Gasteiger partial charge in [-0.05, 0) is 27.0 Å². The third kappa shape index (κ3) is 7.17. The largest absolute Gasteiger partial charge is 0.357 e. The molecule has 0 spiro atoms. The van der Waals surface area contributed by atoms with Crippen molar-refractivity contribution in [3.8, 4) is 0 Å². The van der Waals surface area contributed by atoms with Crippen LogP contribution in [0.15, 0.2) is 48.4 Å². The standard InChI is InChI=1S/C14H22N2O/c1-6-8-12(3)10-15-14(17)13(4)11-16(5)9-7-2/h6-9,11H,1,10H2,2-5H3,(H,15,17). The molecule has 0 aliphatic rings. The van der Waals surface area contributed by atoms with Gasteiger partial charge in [0, 0.05) is 25.4 Å². The second-order valence-electron chi connectivity index (χ2n) is 3.89. The number of nitrogens with zero attached hydrogens (tertiary/aromatic N) is 1. The van der Waals surface area contributed by atoms with E-state index in [1.165, 1.54) is 0 Å². The average molecular weight is 234 g/mol. The number of amides is 1. The molecule has 0 heterocycles. The van der Waals surface area contributed by atoms with E-state index in [0.717, 1.165) is 5.57 Å². The van der Waals surface area contributed by atoms with E-state index >= 15 is 0 Å². The first-order chi connectivity index (χ1) is 8.01. The molecule has 0 aliphatic heterocycles. The first kappa shape index (κ1) is 15.2. The zero-order chi connectivity index (χ0) is 13.3. The minimum Gasteiger partial charge on any atom is -0.357 e. The number of hydrogen-bond donors (Lipinski definition) is 1. The van der Waals surface area contributed by atoms with E-state index in [2.05, 4.69) is 11.9 Å². The molecule has 0 aromatic rings. The third-order valence-corrected chi connectivity index (χ3v) is 2.07. The Labute approximate surface area is 104 Å². The van der Waals surface area contributed by atoms with Crippen molar-refractivity contribution in [2.75, 3.05) is 13.6 Å². The zero-order valence-electron chi connectivity index (χ0n) is 11.2. The molecule has 0 saturated carbocycles. The maximum Gasteiger partial charge on any atom is 0.248 e. The van der Waals surface area contributed by atoms with Crippen molar-refractivity contribution in [3.05, 3.63) is 48.4 Å². The van der Waals surface area contributed by atoms with E-state index in [1.54, 1.807) is 19.2 Å². The highest BCUT2D eigenvalue weighted by Crippen LogP contribution is 1.98. The summed E-state index contributed by atoms with van der Waals surface area (Å²) in [7, 11) is 1.89. The number of hydrogen-bond acceptors (Lipinski definition) is 2. The molecule has 0 radical (unpaired) electrons. The Morgan fingerprint density at radius 2 is 2.06 bits per heavy atom. The first-order valence-corrected chi connectivity index (χ1v) is 5.60. The molecule has 0 bridgehead atoms. The molecule has 0 aromatic heterocycles. The second kappa shape index (κ2) is 8.39. The van der Waals surface area contributed by atoms with E-state index in [4.69, 9.17) is 0 Å². The van der Waals surface area contributed by atoms with Gasteiger partial charge in [-0.2, -0.15) is 0 Å². The molecule has 0 rings (SSSR count). The Morgan fingerprint density at radius 1 is 1.41 bits per heavy atom. The van der Waals surface area contributed by atoms with Gasteiger partial charge in [-0.15, -0.1) is 0 Å². The molecule has 3 nitrogen and oxygen atoms in total. The van der Waals surface area contributed by atoms with E-state index in [-0.39, 0.29) is 5.91 Å². The monoisotopic (exact) mass is 234 g/mol.